The van der Waals surface area contributed by atoms with E-state index in [2.05, 4.69) is 15.3 Å². The van der Waals surface area contributed by atoms with Crippen molar-refractivity contribution in [1.82, 2.24) is 9.97 Å². The third-order valence-electron chi connectivity index (χ3n) is 4.04. The van der Waals surface area contributed by atoms with Crippen molar-refractivity contribution in [2.75, 3.05) is 23.3 Å². The molecule has 1 aliphatic rings. The molecule has 1 aliphatic heterocycles. The van der Waals surface area contributed by atoms with Crippen molar-refractivity contribution in [3.8, 4) is 0 Å². The number of aliphatic carboxylic acids is 1. The maximum atomic E-state index is 11.2. The summed E-state index contributed by atoms with van der Waals surface area (Å²) in [6.45, 7) is 3.36. The van der Waals surface area contributed by atoms with Gasteiger partial charge in [0, 0.05) is 24.8 Å². The molecule has 1 aromatic heterocycles. The third-order valence-corrected chi connectivity index (χ3v) is 4.04. The second-order valence-corrected chi connectivity index (χ2v) is 5.88. The highest BCUT2D eigenvalue weighted by molar-refractivity contribution is 5.71. The van der Waals surface area contributed by atoms with Gasteiger partial charge in [0.25, 0.3) is 0 Å². The molecule has 120 valence electrons. The van der Waals surface area contributed by atoms with Gasteiger partial charge >= 0.3 is 5.97 Å². The average Bonchev–Trinajstić information content (AvgIpc) is 2.55. The summed E-state index contributed by atoms with van der Waals surface area (Å²) >= 11 is 0. The quantitative estimate of drug-likeness (QED) is 0.904. The zero-order chi connectivity index (χ0) is 16.2. The van der Waals surface area contributed by atoms with E-state index in [1.807, 2.05) is 42.2 Å². The largest absolute Gasteiger partial charge is 0.481 e. The zero-order valence-corrected chi connectivity index (χ0v) is 13.1. The number of hydrogen-bond donors (Lipinski definition) is 2. The van der Waals surface area contributed by atoms with Crippen molar-refractivity contribution >= 4 is 23.3 Å². The van der Waals surface area contributed by atoms with E-state index in [0.717, 1.165) is 30.9 Å². The summed E-state index contributed by atoms with van der Waals surface area (Å²) in [4.78, 5) is 21.8. The van der Waals surface area contributed by atoms with Gasteiger partial charge < -0.3 is 15.3 Å². The van der Waals surface area contributed by atoms with Crippen molar-refractivity contribution in [2.24, 2.45) is 5.92 Å². The first-order valence-corrected chi connectivity index (χ1v) is 7.75. The predicted molar refractivity (Wildman–Crippen MR) is 89.1 cm³/mol. The highest BCUT2D eigenvalue weighted by atomic mass is 16.4. The Labute approximate surface area is 135 Å². The average molecular weight is 312 g/mol. The number of nitrogens with zero attached hydrogens (tertiary/aromatic N) is 3. The summed E-state index contributed by atoms with van der Waals surface area (Å²) in [5.74, 6) is 0.410. The van der Waals surface area contributed by atoms with Gasteiger partial charge in [0.15, 0.2) is 0 Å². The van der Waals surface area contributed by atoms with Crippen LogP contribution in [-0.4, -0.2) is 34.1 Å². The van der Waals surface area contributed by atoms with Crippen LogP contribution in [0.2, 0.25) is 0 Å². The number of nitrogens with one attached hydrogen (secondary N) is 1. The fourth-order valence-electron chi connectivity index (χ4n) is 2.85. The van der Waals surface area contributed by atoms with E-state index in [9.17, 15) is 9.90 Å². The summed E-state index contributed by atoms with van der Waals surface area (Å²) in [6.07, 6.45) is 3.10. The SMILES string of the molecule is Cc1cccc(Nc2cc(N3CCC[C@@H](C(=O)O)C3)ncn2)c1. The van der Waals surface area contributed by atoms with Crippen LogP contribution in [0, 0.1) is 12.8 Å². The first-order valence-electron chi connectivity index (χ1n) is 7.75. The monoisotopic (exact) mass is 312 g/mol. The molecule has 2 heterocycles. The minimum Gasteiger partial charge on any atom is -0.481 e. The minimum absolute atomic E-state index is 0.327. The van der Waals surface area contributed by atoms with E-state index >= 15 is 0 Å². The molecule has 1 atom stereocenters. The second kappa shape index (κ2) is 6.64. The number of aromatic nitrogens is 2. The number of rotatable bonds is 4. The topological polar surface area (TPSA) is 78.4 Å². The molecule has 0 unspecified atom stereocenters. The molecule has 0 radical (unpaired) electrons. The van der Waals surface area contributed by atoms with Gasteiger partial charge in [0.1, 0.15) is 18.0 Å². The Kier molecular flexibility index (Phi) is 4.41. The number of carbonyl (C=O) groups is 1. The molecule has 0 spiro atoms. The normalized spacial score (nSPS) is 17.8. The van der Waals surface area contributed by atoms with Crippen molar-refractivity contribution < 1.29 is 9.90 Å². The molecule has 2 N–H and O–H groups in total. The Morgan fingerprint density at radius 3 is 3.00 bits per heavy atom. The minimum atomic E-state index is -0.734. The van der Waals surface area contributed by atoms with Gasteiger partial charge in [0.2, 0.25) is 0 Å². The van der Waals surface area contributed by atoms with Gasteiger partial charge in [0.05, 0.1) is 5.92 Å². The molecule has 3 rings (SSSR count). The van der Waals surface area contributed by atoms with Gasteiger partial charge in [-0.25, -0.2) is 9.97 Å². The highest BCUT2D eigenvalue weighted by Crippen LogP contribution is 2.24. The summed E-state index contributed by atoms with van der Waals surface area (Å²) < 4.78 is 0. The number of aryl methyl sites for hydroxylation is 1. The second-order valence-electron chi connectivity index (χ2n) is 5.88. The van der Waals surface area contributed by atoms with Crippen LogP contribution >= 0.6 is 0 Å². The first kappa shape index (κ1) is 15.3. The lowest BCUT2D eigenvalue weighted by atomic mass is 9.98. The summed E-state index contributed by atoms with van der Waals surface area (Å²) in [5.41, 5.74) is 2.14. The molecule has 23 heavy (non-hydrogen) atoms. The molecule has 6 heteroatoms. The van der Waals surface area contributed by atoms with Crippen molar-refractivity contribution in [3.63, 3.8) is 0 Å². The maximum absolute atomic E-state index is 11.2. The number of piperidine rings is 1. The first-order chi connectivity index (χ1) is 11.1. The van der Waals surface area contributed by atoms with Crippen LogP contribution in [0.1, 0.15) is 18.4 Å². The smallest absolute Gasteiger partial charge is 0.308 e. The van der Waals surface area contributed by atoms with Crippen LogP contribution in [0.25, 0.3) is 0 Å². The van der Waals surface area contributed by atoms with Crippen molar-refractivity contribution in [2.45, 2.75) is 19.8 Å². The van der Waals surface area contributed by atoms with Gasteiger partial charge in [-0.05, 0) is 37.5 Å². The lowest BCUT2D eigenvalue weighted by molar-refractivity contribution is -0.141. The summed E-state index contributed by atoms with van der Waals surface area (Å²) in [5, 5.41) is 12.5. The summed E-state index contributed by atoms with van der Waals surface area (Å²) in [6, 6.07) is 9.92. The molecule has 0 amide bonds. The van der Waals surface area contributed by atoms with Gasteiger partial charge in [-0.15, -0.1) is 0 Å². The van der Waals surface area contributed by atoms with E-state index in [-0.39, 0.29) is 5.92 Å². The molecule has 1 fully saturated rings. The van der Waals surface area contributed by atoms with Crippen molar-refractivity contribution in [1.29, 1.82) is 0 Å². The van der Waals surface area contributed by atoms with Crippen LogP contribution in [0.5, 0.6) is 0 Å². The molecule has 1 aromatic carbocycles. The van der Waals surface area contributed by atoms with E-state index in [1.165, 1.54) is 11.9 Å². The molecule has 6 nitrogen and oxygen atoms in total. The zero-order valence-electron chi connectivity index (χ0n) is 13.1. The third kappa shape index (κ3) is 3.77. The molecular weight excluding hydrogens is 292 g/mol. The number of anilines is 3. The van der Waals surface area contributed by atoms with Crippen LogP contribution in [0.4, 0.5) is 17.3 Å². The molecule has 2 aromatic rings. The van der Waals surface area contributed by atoms with Gasteiger partial charge in [-0.2, -0.15) is 0 Å². The standard InChI is InChI=1S/C17H20N4O2/c1-12-4-2-6-14(8-12)20-15-9-16(19-11-18-15)21-7-3-5-13(10-21)17(22)23/h2,4,6,8-9,11,13H,3,5,7,10H2,1H3,(H,22,23)(H,18,19,20)/t13-/m1/s1. The van der Waals surface area contributed by atoms with E-state index < -0.39 is 5.97 Å². The molecule has 0 bridgehead atoms. The van der Waals surface area contributed by atoms with Gasteiger partial charge in [-0.1, -0.05) is 12.1 Å². The predicted octanol–water partition coefficient (Wildman–Crippen LogP) is 2.83. The Morgan fingerprint density at radius 2 is 2.22 bits per heavy atom. The Bertz CT molecular complexity index is 704. The highest BCUT2D eigenvalue weighted by Gasteiger charge is 2.26. The number of hydrogen-bond acceptors (Lipinski definition) is 5. The van der Waals surface area contributed by atoms with E-state index in [1.54, 1.807) is 0 Å². The Morgan fingerprint density at radius 1 is 1.35 bits per heavy atom. The van der Waals surface area contributed by atoms with Crippen LogP contribution in [-0.2, 0) is 4.79 Å². The van der Waals surface area contributed by atoms with Crippen LogP contribution in [0.3, 0.4) is 0 Å². The fraction of sp³-hybridized carbons (Fsp3) is 0.353. The fourth-order valence-corrected chi connectivity index (χ4v) is 2.85. The summed E-state index contributed by atoms with van der Waals surface area (Å²) in [7, 11) is 0. The number of carboxylic acids is 1. The Balaban J connectivity index is 1.75. The Hall–Kier alpha value is -2.63. The molecule has 0 aliphatic carbocycles. The van der Waals surface area contributed by atoms with Crippen LogP contribution in [0.15, 0.2) is 36.7 Å². The van der Waals surface area contributed by atoms with E-state index in [0.29, 0.717) is 12.4 Å². The number of benzene rings is 1. The van der Waals surface area contributed by atoms with Gasteiger partial charge in [-0.3, -0.25) is 4.79 Å². The lowest BCUT2D eigenvalue weighted by Crippen LogP contribution is -2.39. The molecule has 1 saturated heterocycles. The molecular formula is C17H20N4O2. The van der Waals surface area contributed by atoms with Crippen molar-refractivity contribution in [3.05, 3.63) is 42.2 Å². The lowest BCUT2D eigenvalue weighted by Gasteiger charge is -2.31. The maximum Gasteiger partial charge on any atom is 0.308 e. The number of carboxylic acid groups (broad SMARTS) is 1. The molecule has 0 saturated carbocycles. The van der Waals surface area contributed by atoms with Crippen LogP contribution < -0.4 is 10.2 Å². The van der Waals surface area contributed by atoms with E-state index in [4.69, 9.17) is 0 Å².